The molecule has 126 valence electrons. The van der Waals surface area contributed by atoms with Gasteiger partial charge in [0.2, 0.25) is 5.95 Å². The minimum Gasteiger partial charge on any atom is -0.379 e. The highest BCUT2D eigenvalue weighted by atomic mass is 16.5. The topological polar surface area (TPSA) is 68.1 Å². The van der Waals surface area contributed by atoms with Gasteiger partial charge in [-0.2, -0.15) is 4.98 Å². The molecule has 1 N–H and O–H groups in total. The smallest absolute Gasteiger partial charge is 0.244 e. The Labute approximate surface area is 140 Å². The molecule has 0 aliphatic carbocycles. The Morgan fingerprint density at radius 3 is 2.88 bits per heavy atom. The number of nitrogens with zero attached hydrogens (tertiary/aromatic N) is 5. The number of rotatable bonds is 5. The van der Waals surface area contributed by atoms with Crippen LogP contribution in [0, 0.1) is 0 Å². The van der Waals surface area contributed by atoms with E-state index in [2.05, 4.69) is 42.1 Å². The Bertz CT molecular complexity index is 840. The van der Waals surface area contributed by atoms with Crippen LogP contribution in [0.4, 0.5) is 5.95 Å². The Morgan fingerprint density at radius 1 is 1.17 bits per heavy atom. The van der Waals surface area contributed by atoms with Crippen LogP contribution in [0.25, 0.3) is 22.1 Å². The van der Waals surface area contributed by atoms with Crippen LogP contribution in [-0.2, 0) is 11.8 Å². The van der Waals surface area contributed by atoms with E-state index < -0.39 is 0 Å². The van der Waals surface area contributed by atoms with E-state index in [0.29, 0.717) is 5.95 Å². The van der Waals surface area contributed by atoms with Crippen molar-refractivity contribution in [1.82, 2.24) is 24.6 Å². The highest BCUT2D eigenvalue weighted by molar-refractivity contribution is 6.04. The molecule has 0 radical (unpaired) electrons. The number of para-hydroxylation sites is 1. The molecule has 1 fully saturated rings. The number of fused-ring (bicyclic) bond motifs is 3. The molecule has 24 heavy (non-hydrogen) atoms. The molecule has 3 aromatic rings. The molecular formula is C17H22N6O. The van der Waals surface area contributed by atoms with Crippen LogP contribution in [0.1, 0.15) is 6.42 Å². The molecule has 0 unspecified atom stereocenters. The van der Waals surface area contributed by atoms with Gasteiger partial charge in [-0.3, -0.25) is 4.90 Å². The molecule has 7 heteroatoms. The van der Waals surface area contributed by atoms with E-state index >= 15 is 0 Å². The van der Waals surface area contributed by atoms with Crippen molar-refractivity contribution < 1.29 is 4.74 Å². The van der Waals surface area contributed by atoms with Gasteiger partial charge in [0.15, 0.2) is 5.65 Å². The van der Waals surface area contributed by atoms with E-state index in [-0.39, 0.29) is 0 Å². The van der Waals surface area contributed by atoms with Crippen molar-refractivity contribution in [2.75, 3.05) is 44.7 Å². The Hall–Kier alpha value is -2.25. The van der Waals surface area contributed by atoms with Gasteiger partial charge in [-0.05, 0) is 19.0 Å². The second-order valence-corrected chi connectivity index (χ2v) is 6.12. The van der Waals surface area contributed by atoms with Gasteiger partial charge in [-0.1, -0.05) is 18.2 Å². The molecule has 1 saturated heterocycles. The summed E-state index contributed by atoms with van der Waals surface area (Å²) in [7, 11) is 2.02. The van der Waals surface area contributed by atoms with Crippen molar-refractivity contribution >= 4 is 28.0 Å². The van der Waals surface area contributed by atoms with Crippen molar-refractivity contribution in [3.05, 3.63) is 24.3 Å². The zero-order chi connectivity index (χ0) is 16.4. The first-order valence-corrected chi connectivity index (χ1v) is 8.45. The molecule has 0 amide bonds. The van der Waals surface area contributed by atoms with Crippen LogP contribution in [-0.4, -0.2) is 64.0 Å². The van der Waals surface area contributed by atoms with Crippen molar-refractivity contribution in [2.45, 2.75) is 6.42 Å². The first kappa shape index (κ1) is 15.3. The number of ether oxygens (including phenoxy) is 1. The summed E-state index contributed by atoms with van der Waals surface area (Å²) in [5.74, 6) is 0.593. The largest absolute Gasteiger partial charge is 0.379 e. The van der Waals surface area contributed by atoms with Crippen LogP contribution < -0.4 is 5.32 Å². The summed E-state index contributed by atoms with van der Waals surface area (Å²) in [5.41, 5.74) is 2.84. The van der Waals surface area contributed by atoms with E-state index in [1.54, 1.807) is 0 Å². The minimum absolute atomic E-state index is 0.593. The number of hydrogen-bond acceptors (Lipinski definition) is 6. The summed E-state index contributed by atoms with van der Waals surface area (Å²) in [6.45, 7) is 5.66. The molecule has 0 bridgehead atoms. The summed E-state index contributed by atoms with van der Waals surface area (Å²) in [5, 5.41) is 13.0. The number of hydrogen-bond donors (Lipinski definition) is 1. The standard InChI is InChI=1S/C17H22N6O/c1-22-14-6-3-2-5-13(14)15-16(22)19-17(21-20-15)18-7-4-8-23-9-11-24-12-10-23/h2-3,5-6H,4,7-12H2,1H3,(H,18,19,21). The van der Waals surface area contributed by atoms with Crippen molar-refractivity contribution in [3.63, 3.8) is 0 Å². The number of nitrogens with one attached hydrogen (secondary N) is 1. The zero-order valence-electron chi connectivity index (χ0n) is 13.9. The van der Waals surface area contributed by atoms with Gasteiger partial charge in [0.05, 0.1) is 18.7 Å². The Kier molecular flexibility index (Phi) is 4.27. The molecule has 0 atom stereocenters. The maximum Gasteiger partial charge on any atom is 0.244 e. The van der Waals surface area contributed by atoms with Crippen LogP contribution in [0.15, 0.2) is 24.3 Å². The number of morpholine rings is 1. The maximum absolute atomic E-state index is 5.36. The van der Waals surface area contributed by atoms with Crippen LogP contribution in [0.3, 0.4) is 0 Å². The first-order valence-electron chi connectivity index (χ1n) is 8.45. The summed E-state index contributed by atoms with van der Waals surface area (Å²) >= 11 is 0. The van der Waals surface area contributed by atoms with Crippen molar-refractivity contribution in [1.29, 1.82) is 0 Å². The van der Waals surface area contributed by atoms with E-state index in [9.17, 15) is 0 Å². The fourth-order valence-electron chi connectivity index (χ4n) is 3.21. The number of aromatic nitrogens is 4. The second kappa shape index (κ2) is 6.70. The average Bonchev–Trinajstić information content (AvgIpc) is 2.92. The molecule has 7 nitrogen and oxygen atoms in total. The SMILES string of the molecule is Cn1c2ccccc2c2nnc(NCCCN3CCOCC3)nc21. The Morgan fingerprint density at radius 2 is 2.00 bits per heavy atom. The minimum atomic E-state index is 0.593. The monoisotopic (exact) mass is 326 g/mol. The lowest BCUT2D eigenvalue weighted by atomic mass is 10.2. The second-order valence-electron chi connectivity index (χ2n) is 6.12. The van der Waals surface area contributed by atoms with Gasteiger partial charge in [-0.25, -0.2) is 0 Å². The highest BCUT2D eigenvalue weighted by Gasteiger charge is 2.12. The highest BCUT2D eigenvalue weighted by Crippen LogP contribution is 2.24. The fraction of sp³-hybridized carbons (Fsp3) is 0.471. The summed E-state index contributed by atoms with van der Waals surface area (Å²) in [6, 6.07) is 8.18. The molecule has 4 rings (SSSR count). The van der Waals surface area contributed by atoms with Gasteiger partial charge in [0, 0.05) is 32.1 Å². The fourth-order valence-corrected chi connectivity index (χ4v) is 3.21. The lowest BCUT2D eigenvalue weighted by Gasteiger charge is -2.26. The molecule has 3 heterocycles. The summed E-state index contributed by atoms with van der Waals surface area (Å²) < 4.78 is 7.43. The van der Waals surface area contributed by atoms with E-state index in [1.807, 2.05) is 19.2 Å². The van der Waals surface area contributed by atoms with E-state index in [0.717, 1.165) is 67.9 Å². The quantitative estimate of drug-likeness (QED) is 0.719. The third-order valence-electron chi connectivity index (χ3n) is 4.54. The molecule has 1 aromatic carbocycles. The van der Waals surface area contributed by atoms with Crippen LogP contribution in [0.2, 0.25) is 0 Å². The van der Waals surface area contributed by atoms with Gasteiger partial charge >= 0.3 is 0 Å². The molecular weight excluding hydrogens is 304 g/mol. The molecule has 0 spiro atoms. The van der Waals surface area contributed by atoms with Crippen molar-refractivity contribution in [3.8, 4) is 0 Å². The van der Waals surface area contributed by atoms with Gasteiger partial charge < -0.3 is 14.6 Å². The molecule has 2 aromatic heterocycles. The van der Waals surface area contributed by atoms with Gasteiger partial charge in [0.25, 0.3) is 0 Å². The Balaban J connectivity index is 1.43. The van der Waals surface area contributed by atoms with E-state index in [1.165, 1.54) is 0 Å². The van der Waals surface area contributed by atoms with Crippen LogP contribution in [0.5, 0.6) is 0 Å². The first-order chi connectivity index (χ1) is 11.8. The van der Waals surface area contributed by atoms with E-state index in [4.69, 9.17) is 4.74 Å². The average molecular weight is 326 g/mol. The summed E-state index contributed by atoms with van der Waals surface area (Å²) in [6.07, 6.45) is 1.05. The van der Waals surface area contributed by atoms with Crippen molar-refractivity contribution in [2.24, 2.45) is 7.05 Å². The summed E-state index contributed by atoms with van der Waals surface area (Å²) in [4.78, 5) is 7.07. The number of aryl methyl sites for hydroxylation is 1. The number of benzene rings is 1. The maximum atomic E-state index is 5.36. The lowest BCUT2D eigenvalue weighted by Crippen LogP contribution is -2.37. The van der Waals surface area contributed by atoms with Gasteiger partial charge in [0.1, 0.15) is 5.52 Å². The molecule has 1 aliphatic heterocycles. The number of anilines is 1. The van der Waals surface area contributed by atoms with Crippen LogP contribution >= 0.6 is 0 Å². The lowest BCUT2D eigenvalue weighted by molar-refractivity contribution is 0.0378. The predicted octanol–water partition coefficient (Wildman–Crippen LogP) is 1.65. The predicted molar refractivity (Wildman–Crippen MR) is 94.2 cm³/mol. The van der Waals surface area contributed by atoms with Gasteiger partial charge in [-0.15, -0.1) is 10.2 Å². The molecule has 0 saturated carbocycles. The zero-order valence-corrected chi connectivity index (χ0v) is 13.9. The third kappa shape index (κ3) is 2.92. The normalized spacial score (nSPS) is 16.0. The molecule has 1 aliphatic rings. The third-order valence-corrected chi connectivity index (χ3v) is 4.54.